The fraction of sp³-hybridized carbons (Fsp3) is 0.217. The maximum atomic E-state index is 12.9. The number of aliphatic hydroxyl groups excluding tert-OH is 1. The van der Waals surface area contributed by atoms with Crippen LogP contribution in [-0.2, 0) is 23.9 Å². The minimum atomic E-state index is -0.872. The zero-order valence-corrected chi connectivity index (χ0v) is 17.6. The van der Waals surface area contributed by atoms with Gasteiger partial charge in [0, 0.05) is 19.2 Å². The number of nitrogens with one attached hydrogen (secondary N) is 1. The second kappa shape index (κ2) is 9.88. The molecule has 2 N–H and O–H groups in total. The first-order chi connectivity index (χ1) is 15.3. The van der Waals surface area contributed by atoms with E-state index in [9.17, 15) is 24.3 Å². The van der Waals surface area contributed by atoms with Crippen molar-refractivity contribution < 1.29 is 33.8 Å². The van der Waals surface area contributed by atoms with Crippen molar-refractivity contribution in [2.24, 2.45) is 0 Å². The average molecular weight is 438 g/mol. The third kappa shape index (κ3) is 4.84. The fourth-order valence-corrected chi connectivity index (χ4v) is 3.10. The molecular formula is C23H22N2O7. The Morgan fingerprint density at radius 1 is 0.969 bits per heavy atom. The summed E-state index contributed by atoms with van der Waals surface area (Å²) in [7, 11) is 0. The smallest absolute Gasteiger partial charge is 0.338 e. The van der Waals surface area contributed by atoms with Gasteiger partial charge in [-0.2, -0.15) is 0 Å². The lowest BCUT2D eigenvalue weighted by Crippen LogP contribution is -2.31. The van der Waals surface area contributed by atoms with Gasteiger partial charge in [0.05, 0.1) is 23.4 Å². The van der Waals surface area contributed by atoms with Crippen LogP contribution in [0.25, 0.3) is 5.57 Å². The van der Waals surface area contributed by atoms with Crippen molar-refractivity contribution in [1.82, 2.24) is 0 Å². The van der Waals surface area contributed by atoms with E-state index in [1.807, 2.05) is 6.92 Å². The first-order valence-electron chi connectivity index (χ1n) is 9.88. The van der Waals surface area contributed by atoms with Crippen LogP contribution in [-0.4, -0.2) is 48.6 Å². The van der Waals surface area contributed by atoms with E-state index in [0.717, 1.165) is 4.90 Å². The summed E-state index contributed by atoms with van der Waals surface area (Å²) in [5.41, 5.74) is 1.13. The van der Waals surface area contributed by atoms with Crippen molar-refractivity contribution in [3.05, 3.63) is 65.4 Å². The van der Waals surface area contributed by atoms with E-state index in [1.165, 1.54) is 43.3 Å². The van der Waals surface area contributed by atoms with Gasteiger partial charge in [-0.3, -0.25) is 14.4 Å². The van der Waals surface area contributed by atoms with Gasteiger partial charge in [0.1, 0.15) is 6.61 Å². The maximum Gasteiger partial charge on any atom is 0.338 e. The topological polar surface area (TPSA) is 122 Å². The predicted octanol–water partition coefficient (Wildman–Crippen LogP) is 2.68. The van der Waals surface area contributed by atoms with Crippen LogP contribution in [0.1, 0.15) is 29.8 Å². The first kappa shape index (κ1) is 22.7. The summed E-state index contributed by atoms with van der Waals surface area (Å²) in [6, 6.07) is 11.9. The highest BCUT2D eigenvalue weighted by atomic mass is 16.6. The Morgan fingerprint density at radius 3 is 2.22 bits per heavy atom. The lowest BCUT2D eigenvalue weighted by Gasteiger charge is -2.15. The number of benzene rings is 2. The standard InChI is InChI=1S/C23H22N2O7/c1-3-31-12-13-32-23(30)16-6-10-18(11-7-16)25-21(28)19(20(27)22(25)29)15-4-8-17(9-5-15)24-14(2)26/h4-11,27H,3,12-13H2,1-2H3,(H,24,26). The van der Waals surface area contributed by atoms with Gasteiger partial charge in [-0.15, -0.1) is 0 Å². The number of anilines is 2. The molecule has 9 nitrogen and oxygen atoms in total. The van der Waals surface area contributed by atoms with Crippen LogP contribution in [0.3, 0.4) is 0 Å². The number of nitrogens with zero attached hydrogens (tertiary/aromatic N) is 1. The number of hydrogen-bond acceptors (Lipinski definition) is 7. The molecule has 0 bridgehead atoms. The number of aliphatic hydroxyl groups is 1. The number of imide groups is 1. The van der Waals surface area contributed by atoms with E-state index in [4.69, 9.17) is 9.47 Å². The lowest BCUT2D eigenvalue weighted by atomic mass is 10.0. The van der Waals surface area contributed by atoms with Gasteiger partial charge in [0.15, 0.2) is 5.76 Å². The molecule has 0 saturated carbocycles. The Bertz CT molecular complexity index is 1070. The number of carbonyl (C=O) groups is 4. The number of amides is 3. The quantitative estimate of drug-likeness (QED) is 0.369. The summed E-state index contributed by atoms with van der Waals surface area (Å²) >= 11 is 0. The van der Waals surface area contributed by atoms with Crippen LogP contribution in [0, 0.1) is 0 Å². The lowest BCUT2D eigenvalue weighted by molar-refractivity contribution is -0.121. The van der Waals surface area contributed by atoms with Gasteiger partial charge in [0.2, 0.25) is 5.91 Å². The Balaban J connectivity index is 1.75. The number of carbonyl (C=O) groups excluding carboxylic acids is 4. The van der Waals surface area contributed by atoms with Crippen molar-refractivity contribution in [3.63, 3.8) is 0 Å². The van der Waals surface area contributed by atoms with Crippen LogP contribution in [0.15, 0.2) is 54.3 Å². The molecule has 3 amide bonds. The maximum absolute atomic E-state index is 12.9. The summed E-state index contributed by atoms with van der Waals surface area (Å²) in [4.78, 5) is 49.5. The van der Waals surface area contributed by atoms with Crippen molar-refractivity contribution in [2.75, 3.05) is 30.0 Å². The van der Waals surface area contributed by atoms with Crippen molar-refractivity contribution in [3.8, 4) is 0 Å². The van der Waals surface area contributed by atoms with E-state index in [-0.39, 0.29) is 35.9 Å². The zero-order valence-electron chi connectivity index (χ0n) is 17.6. The van der Waals surface area contributed by atoms with Crippen LogP contribution in [0.2, 0.25) is 0 Å². The molecule has 0 spiro atoms. The molecule has 0 fully saturated rings. The Hall–Kier alpha value is -3.98. The van der Waals surface area contributed by atoms with Crippen molar-refractivity contribution in [2.45, 2.75) is 13.8 Å². The van der Waals surface area contributed by atoms with E-state index in [2.05, 4.69) is 5.32 Å². The van der Waals surface area contributed by atoms with Gasteiger partial charge < -0.3 is 19.9 Å². The van der Waals surface area contributed by atoms with E-state index in [0.29, 0.717) is 17.9 Å². The molecule has 9 heteroatoms. The van der Waals surface area contributed by atoms with Gasteiger partial charge in [0.25, 0.3) is 5.91 Å². The highest BCUT2D eigenvalue weighted by Gasteiger charge is 2.40. The van der Waals surface area contributed by atoms with Crippen molar-refractivity contribution in [1.29, 1.82) is 0 Å². The number of rotatable bonds is 8. The Labute approximate surface area is 184 Å². The molecule has 0 aliphatic carbocycles. The summed E-state index contributed by atoms with van der Waals surface area (Å²) in [6.07, 6.45) is 0. The minimum Gasteiger partial charge on any atom is -0.502 e. The zero-order chi connectivity index (χ0) is 23.3. The molecular weight excluding hydrogens is 416 g/mol. The van der Waals surface area contributed by atoms with E-state index < -0.39 is 23.5 Å². The average Bonchev–Trinajstić information content (AvgIpc) is 3.00. The van der Waals surface area contributed by atoms with Gasteiger partial charge in [-0.05, 0) is 48.9 Å². The molecule has 3 rings (SSSR count). The number of ether oxygens (including phenoxy) is 2. The SMILES string of the molecule is CCOCCOC(=O)c1ccc(N2C(=O)C(O)=C(c3ccc(NC(C)=O)cc3)C2=O)cc1. The van der Waals surface area contributed by atoms with Crippen LogP contribution >= 0.6 is 0 Å². The molecule has 1 aliphatic heterocycles. The molecule has 0 radical (unpaired) electrons. The molecule has 0 unspecified atom stereocenters. The molecule has 2 aromatic carbocycles. The monoisotopic (exact) mass is 438 g/mol. The highest BCUT2D eigenvalue weighted by Crippen LogP contribution is 2.32. The predicted molar refractivity (Wildman–Crippen MR) is 116 cm³/mol. The fourth-order valence-electron chi connectivity index (χ4n) is 3.10. The second-order valence-electron chi connectivity index (χ2n) is 6.81. The van der Waals surface area contributed by atoms with Crippen molar-refractivity contribution >= 4 is 40.6 Å². The third-order valence-corrected chi connectivity index (χ3v) is 4.58. The molecule has 1 heterocycles. The number of esters is 1. The molecule has 2 aromatic rings. The normalized spacial score (nSPS) is 13.5. The van der Waals surface area contributed by atoms with Crippen LogP contribution in [0.5, 0.6) is 0 Å². The van der Waals surface area contributed by atoms with Gasteiger partial charge in [-0.1, -0.05) is 12.1 Å². The molecule has 166 valence electrons. The molecule has 1 aliphatic rings. The highest BCUT2D eigenvalue weighted by molar-refractivity contribution is 6.44. The Morgan fingerprint density at radius 2 is 1.62 bits per heavy atom. The summed E-state index contributed by atoms with van der Waals surface area (Å²) in [6.45, 7) is 4.12. The molecule has 0 saturated heterocycles. The van der Waals surface area contributed by atoms with Crippen LogP contribution in [0.4, 0.5) is 11.4 Å². The van der Waals surface area contributed by atoms with E-state index in [1.54, 1.807) is 12.1 Å². The van der Waals surface area contributed by atoms with Gasteiger partial charge in [-0.25, -0.2) is 9.69 Å². The summed E-state index contributed by atoms with van der Waals surface area (Å²) in [5, 5.41) is 12.9. The largest absolute Gasteiger partial charge is 0.502 e. The summed E-state index contributed by atoms with van der Waals surface area (Å²) in [5.74, 6) is -3.06. The summed E-state index contributed by atoms with van der Waals surface area (Å²) < 4.78 is 10.2. The van der Waals surface area contributed by atoms with E-state index >= 15 is 0 Å². The molecule has 0 atom stereocenters. The second-order valence-corrected chi connectivity index (χ2v) is 6.81. The molecule has 0 aromatic heterocycles. The molecule has 32 heavy (non-hydrogen) atoms. The Kier molecular flexibility index (Phi) is 7.01. The number of hydrogen-bond donors (Lipinski definition) is 2. The van der Waals surface area contributed by atoms with Crippen LogP contribution < -0.4 is 10.2 Å². The minimum absolute atomic E-state index is 0.111. The third-order valence-electron chi connectivity index (χ3n) is 4.58. The first-order valence-corrected chi connectivity index (χ1v) is 9.88. The van der Waals surface area contributed by atoms with Gasteiger partial charge >= 0.3 is 11.9 Å².